The molecule has 0 amide bonds. The Bertz CT molecular complexity index is 615. The van der Waals surface area contributed by atoms with Crippen LogP contribution in [0.25, 0.3) is 0 Å². The third kappa shape index (κ3) is 2.73. The first kappa shape index (κ1) is 12.3. The summed E-state index contributed by atoms with van der Waals surface area (Å²) in [6, 6.07) is 7.10. The van der Waals surface area contributed by atoms with Gasteiger partial charge >= 0.3 is 0 Å². The summed E-state index contributed by atoms with van der Waals surface area (Å²) in [6.45, 7) is 2.03. The summed E-state index contributed by atoms with van der Waals surface area (Å²) in [5.41, 5.74) is -0.186. The van der Waals surface area contributed by atoms with Crippen LogP contribution in [-0.2, 0) is 6.54 Å². The van der Waals surface area contributed by atoms with Crippen molar-refractivity contribution in [2.75, 3.05) is 0 Å². The predicted molar refractivity (Wildman–Crippen MR) is 71.8 cm³/mol. The average molecular weight is 312 g/mol. The van der Waals surface area contributed by atoms with Crippen molar-refractivity contribution >= 4 is 33.0 Å². The third-order valence-electron chi connectivity index (χ3n) is 2.30. The molecule has 2 rings (SSSR count). The zero-order chi connectivity index (χ0) is 12.4. The number of thiophene rings is 1. The molecule has 88 valence electrons. The summed E-state index contributed by atoms with van der Waals surface area (Å²) < 4.78 is 1.87. The van der Waals surface area contributed by atoms with Crippen LogP contribution in [-0.4, -0.2) is 10.4 Å². The average Bonchev–Trinajstić information content (AvgIpc) is 2.72. The number of rotatable bonds is 3. The molecule has 0 saturated heterocycles. The molecule has 2 aromatic heterocycles. The van der Waals surface area contributed by atoms with Crippen LogP contribution in [0.5, 0.6) is 0 Å². The van der Waals surface area contributed by atoms with E-state index in [9.17, 15) is 9.59 Å². The topological polar surface area (TPSA) is 39.1 Å². The zero-order valence-electron chi connectivity index (χ0n) is 9.14. The van der Waals surface area contributed by atoms with Crippen LogP contribution in [0.4, 0.5) is 0 Å². The van der Waals surface area contributed by atoms with Crippen molar-refractivity contribution < 1.29 is 4.79 Å². The monoisotopic (exact) mass is 311 g/mol. The first-order valence-corrected chi connectivity index (χ1v) is 6.63. The highest BCUT2D eigenvalue weighted by Gasteiger charge is 2.10. The van der Waals surface area contributed by atoms with Gasteiger partial charge in [0.05, 0.1) is 15.9 Å². The molecular weight excluding hydrogens is 302 g/mol. The van der Waals surface area contributed by atoms with E-state index < -0.39 is 0 Å². The lowest BCUT2D eigenvalue weighted by Gasteiger charge is -2.03. The Morgan fingerprint density at radius 1 is 1.41 bits per heavy atom. The lowest BCUT2D eigenvalue weighted by molar-refractivity contribution is 0.0974. The maximum absolute atomic E-state index is 11.9. The number of ketones is 1. The molecule has 17 heavy (non-hydrogen) atoms. The molecule has 0 radical (unpaired) electrons. The normalized spacial score (nSPS) is 10.5. The van der Waals surface area contributed by atoms with Crippen LogP contribution in [0.1, 0.15) is 14.5 Å². The van der Waals surface area contributed by atoms with E-state index in [-0.39, 0.29) is 17.9 Å². The summed E-state index contributed by atoms with van der Waals surface area (Å²) in [5.74, 6) is -0.0386. The van der Waals surface area contributed by atoms with Crippen molar-refractivity contribution in [2.24, 2.45) is 0 Å². The van der Waals surface area contributed by atoms with Crippen molar-refractivity contribution in [3.8, 4) is 0 Å². The molecule has 0 spiro atoms. The number of carbonyl (C=O) groups is 1. The van der Waals surface area contributed by atoms with Crippen LogP contribution in [0.2, 0.25) is 0 Å². The number of carbonyl (C=O) groups excluding carboxylic acids is 1. The van der Waals surface area contributed by atoms with Gasteiger partial charge in [0.15, 0.2) is 5.78 Å². The second kappa shape index (κ2) is 4.98. The minimum atomic E-state index is -0.186. The summed E-state index contributed by atoms with van der Waals surface area (Å²) in [4.78, 5) is 25.4. The highest BCUT2D eigenvalue weighted by molar-refractivity contribution is 9.10. The number of pyridine rings is 1. The van der Waals surface area contributed by atoms with Gasteiger partial charge in [0.25, 0.3) is 5.56 Å². The van der Waals surface area contributed by atoms with Gasteiger partial charge in [0, 0.05) is 11.1 Å². The fraction of sp³-hybridized carbons (Fsp3) is 0.167. The van der Waals surface area contributed by atoms with Crippen LogP contribution >= 0.6 is 27.3 Å². The van der Waals surface area contributed by atoms with Gasteiger partial charge < -0.3 is 4.57 Å². The largest absolute Gasteiger partial charge is 0.307 e. The van der Waals surface area contributed by atoms with Crippen LogP contribution < -0.4 is 5.56 Å². The molecule has 0 bridgehead atoms. The lowest BCUT2D eigenvalue weighted by atomic mass is 10.3. The van der Waals surface area contributed by atoms with Crippen LogP contribution in [0.15, 0.2) is 39.7 Å². The Morgan fingerprint density at radius 3 is 2.82 bits per heavy atom. The van der Waals surface area contributed by atoms with Crippen LogP contribution in [0.3, 0.4) is 0 Å². The second-order valence-electron chi connectivity index (χ2n) is 3.62. The Morgan fingerprint density at radius 2 is 2.18 bits per heavy atom. The standard InChI is InChI=1S/C12H10BrNO2S/c1-8-4-5-11(17-8)10(15)7-14-6-2-3-9(13)12(14)16/h2-6H,7H2,1H3. The number of hydrogen-bond acceptors (Lipinski definition) is 3. The number of hydrogen-bond donors (Lipinski definition) is 0. The Kier molecular flexibility index (Phi) is 3.59. The van der Waals surface area contributed by atoms with E-state index in [1.54, 1.807) is 24.4 Å². The number of aromatic nitrogens is 1. The van der Waals surface area contributed by atoms with Crippen molar-refractivity contribution in [3.05, 3.63) is 55.0 Å². The van der Waals surface area contributed by atoms with Gasteiger partial charge in [-0.1, -0.05) is 0 Å². The predicted octanol–water partition coefficient (Wildman–Crippen LogP) is 2.86. The number of aryl methyl sites for hydroxylation is 1. The molecule has 0 fully saturated rings. The molecule has 5 heteroatoms. The van der Waals surface area contributed by atoms with E-state index in [4.69, 9.17) is 0 Å². The van der Waals surface area contributed by atoms with E-state index in [1.165, 1.54) is 15.9 Å². The van der Waals surface area contributed by atoms with Gasteiger partial charge in [-0.25, -0.2) is 0 Å². The Hall–Kier alpha value is -1.20. The summed E-state index contributed by atoms with van der Waals surface area (Å²) in [6.07, 6.45) is 1.62. The number of halogens is 1. The molecule has 0 atom stereocenters. The molecule has 0 N–H and O–H groups in total. The summed E-state index contributed by atoms with van der Waals surface area (Å²) >= 11 is 4.60. The molecule has 3 nitrogen and oxygen atoms in total. The van der Waals surface area contributed by atoms with Crippen molar-refractivity contribution in [3.63, 3.8) is 0 Å². The summed E-state index contributed by atoms with van der Waals surface area (Å²) in [5, 5.41) is 0. The third-order valence-corrected chi connectivity index (χ3v) is 3.95. The smallest absolute Gasteiger partial charge is 0.265 e. The molecule has 0 aromatic carbocycles. The van der Waals surface area contributed by atoms with Crippen molar-refractivity contribution in [1.82, 2.24) is 4.57 Å². The molecule has 0 aliphatic rings. The van der Waals surface area contributed by atoms with Crippen molar-refractivity contribution in [1.29, 1.82) is 0 Å². The zero-order valence-corrected chi connectivity index (χ0v) is 11.5. The van der Waals surface area contributed by atoms with Gasteiger partial charge in [-0.2, -0.15) is 0 Å². The van der Waals surface area contributed by atoms with Gasteiger partial charge in [-0.05, 0) is 47.1 Å². The minimum Gasteiger partial charge on any atom is -0.307 e. The first-order valence-electron chi connectivity index (χ1n) is 5.02. The maximum atomic E-state index is 11.9. The van der Waals surface area contributed by atoms with E-state index in [1.807, 2.05) is 13.0 Å². The first-order chi connectivity index (χ1) is 8.08. The molecule has 0 aliphatic heterocycles. The number of Topliss-reactive ketones (excluding diaryl/α,β-unsaturated/α-hetero) is 1. The highest BCUT2D eigenvalue weighted by atomic mass is 79.9. The molecule has 0 aliphatic carbocycles. The fourth-order valence-corrected chi connectivity index (χ4v) is 2.63. The van der Waals surface area contributed by atoms with Gasteiger partial charge in [0.2, 0.25) is 0 Å². The lowest BCUT2D eigenvalue weighted by Crippen LogP contribution is -2.23. The van der Waals surface area contributed by atoms with E-state index in [0.29, 0.717) is 9.35 Å². The Labute approximate surface area is 111 Å². The van der Waals surface area contributed by atoms with Gasteiger partial charge in [0.1, 0.15) is 0 Å². The van der Waals surface area contributed by atoms with Crippen LogP contribution in [0, 0.1) is 6.92 Å². The van der Waals surface area contributed by atoms with E-state index >= 15 is 0 Å². The highest BCUT2D eigenvalue weighted by Crippen LogP contribution is 2.16. The molecule has 0 unspecified atom stereocenters. The van der Waals surface area contributed by atoms with Gasteiger partial charge in [-0.15, -0.1) is 11.3 Å². The van der Waals surface area contributed by atoms with E-state index in [2.05, 4.69) is 15.9 Å². The SMILES string of the molecule is Cc1ccc(C(=O)Cn2cccc(Br)c2=O)s1. The molecule has 0 saturated carbocycles. The van der Waals surface area contributed by atoms with E-state index in [0.717, 1.165) is 4.88 Å². The fourth-order valence-electron chi connectivity index (χ4n) is 1.45. The molecular formula is C12H10BrNO2S. The van der Waals surface area contributed by atoms with Crippen molar-refractivity contribution in [2.45, 2.75) is 13.5 Å². The summed E-state index contributed by atoms with van der Waals surface area (Å²) in [7, 11) is 0. The molecule has 2 aromatic rings. The Balaban J connectivity index is 2.25. The second-order valence-corrected chi connectivity index (χ2v) is 5.76. The number of nitrogens with zero attached hydrogens (tertiary/aromatic N) is 1. The molecule has 2 heterocycles. The quantitative estimate of drug-likeness (QED) is 0.818. The van der Waals surface area contributed by atoms with Gasteiger partial charge in [-0.3, -0.25) is 9.59 Å². The maximum Gasteiger partial charge on any atom is 0.265 e. The minimum absolute atomic E-state index is 0.0386.